The number of aromatic nitrogens is 2. The van der Waals surface area contributed by atoms with E-state index in [1.165, 1.54) is 6.20 Å². The van der Waals surface area contributed by atoms with Gasteiger partial charge in [-0.15, -0.1) is 0 Å². The maximum absolute atomic E-state index is 9.96. The Morgan fingerprint density at radius 1 is 1.67 bits per heavy atom. The summed E-state index contributed by atoms with van der Waals surface area (Å²) in [5.74, 6) is 0. The third-order valence-corrected chi connectivity index (χ3v) is 1.41. The van der Waals surface area contributed by atoms with Crippen LogP contribution in [0, 0.1) is 0 Å². The molecule has 0 fully saturated rings. The Hall–Kier alpha value is -0.540. The third-order valence-electron chi connectivity index (χ3n) is 0.754. The van der Waals surface area contributed by atoms with E-state index in [4.69, 9.17) is 23.2 Å². The second-order valence-corrected chi connectivity index (χ2v) is 2.12. The number of carbonyl (C=O) groups is 1. The first-order chi connectivity index (χ1) is 4.24. The minimum absolute atomic E-state index is 0.142. The minimum Gasteiger partial charge on any atom is -0.276 e. The van der Waals surface area contributed by atoms with Gasteiger partial charge >= 0.3 is 0 Å². The number of carbonyl (C=O) groups excluding carboxylic acids is 1. The Labute approximate surface area is 61.2 Å². The summed E-state index contributed by atoms with van der Waals surface area (Å²) < 4.78 is 1.00. The second kappa shape index (κ2) is 2.37. The van der Waals surface area contributed by atoms with Gasteiger partial charge in [0.25, 0.3) is 0 Å². The van der Waals surface area contributed by atoms with Crippen molar-refractivity contribution in [3.05, 3.63) is 16.4 Å². The predicted molar refractivity (Wildman–Crippen MR) is 34.4 cm³/mol. The fourth-order valence-electron chi connectivity index (χ4n) is 0.401. The van der Waals surface area contributed by atoms with Gasteiger partial charge in [0.05, 0.1) is 11.2 Å². The maximum atomic E-state index is 9.96. The molecule has 1 aromatic rings. The summed E-state index contributed by atoms with van der Waals surface area (Å²) in [7, 11) is 0. The second-order valence-electron chi connectivity index (χ2n) is 1.35. The van der Waals surface area contributed by atoms with Crippen LogP contribution in [0.4, 0.5) is 0 Å². The molecule has 0 aliphatic rings. The van der Waals surface area contributed by atoms with Crippen LogP contribution in [0.5, 0.6) is 0 Å². The molecule has 0 N–H and O–H groups in total. The van der Waals surface area contributed by atoms with E-state index in [-0.39, 0.29) is 10.2 Å². The Bertz CT molecular complexity index is 213. The molecule has 1 aromatic heterocycles. The van der Waals surface area contributed by atoms with Gasteiger partial charge < -0.3 is 0 Å². The van der Waals surface area contributed by atoms with Gasteiger partial charge in [0.1, 0.15) is 0 Å². The van der Waals surface area contributed by atoms with E-state index in [9.17, 15) is 4.79 Å². The zero-order chi connectivity index (χ0) is 6.85. The number of hydrogen-bond acceptors (Lipinski definition) is 2. The Balaban J connectivity index is 3.11. The summed E-state index contributed by atoms with van der Waals surface area (Å²) in [4.78, 5) is 9.96. The maximum Gasteiger partial charge on any atom is 0.234 e. The van der Waals surface area contributed by atoms with Crippen LogP contribution in [0.15, 0.2) is 6.20 Å². The monoisotopic (exact) mass is 164 g/mol. The van der Waals surface area contributed by atoms with Gasteiger partial charge in [-0.2, -0.15) is 5.10 Å². The average molecular weight is 165 g/mol. The summed E-state index contributed by atoms with van der Waals surface area (Å²) in [5.41, 5.74) is 0. The van der Waals surface area contributed by atoms with Gasteiger partial charge in [0.2, 0.25) is 6.41 Å². The van der Waals surface area contributed by atoms with Crippen molar-refractivity contribution in [2.75, 3.05) is 0 Å². The van der Waals surface area contributed by atoms with Crippen molar-refractivity contribution >= 4 is 29.6 Å². The molecular formula is C4H2Cl2N2O. The fourth-order valence-corrected chi connectivity index (χ4v) is 0.675. The SMILES string of the molecule is O=Cn1cc(Cl)c(Cl)n1. The topological polar surface area (TPSA) is 34.9 Å². The number of rotatable bonds is 1. The van der Waals surface area contributed by atoms with Gasteiger partial charge in [-0.3, -0.25) is 4.79 Å². The highest BCUT2D eigenvalue weighted by molar-refractivity contribution is 6.41. The van der Waals surface area contributed by atoms with Crippen LogP contribution in [0.1, 0.15) is 0 Å². The van der Waals surface area contributed by atoms with Crippen LogP contribution in [-0.2, 0) is 4.79 Å². The molecule has 48 valence electrons. The number of halogens is 2. The van der Waals surface area contributed by atoms with E-state index >= 15 is 0 Å². The lowest BCUT2D eigenvalue weighted by Crippen LogP contribution is -1.92. The Morgan fingerprint density at radius 2 is 2.33 bits per heavy atom. The van der Waals surface area contributed by atoms with Crippen LogP contribution in [-0.4, -0.2) is 16.2 Å². The zero-order valence-electron chi connectivity index (χ0n) is 4.21. The molecule has 0 amide bonds. The highest BCUT2D eigenvalue weighted by Gasteiger charge is 2.00. The quantitative estimate of drug-likeness (QED) is 0.586. The molecule has 0 aliphatic heterocycles. The first-order valence-corrected chi connectivity index (χ1v) is 2.85. The molecule has 0 bridgehead atoms. The van der Waals surface area contributed by atoms with Gasteiger partial charge in [0.15, 0.2) is 5.15 Å². The van der Waals surface area contributed by atoms with E-state index in [1.807, 2.05) is 0 Å². The van der Waals surface area contributed by atoms with Gasteiger partial charge in [0, 0.05) is 0 Å². The number of nitrogens with zero attached hydrogens (tertiary/aromatic N) is 2. The van der Waals surface area contributed by atoms with E-state index in [2.05, 4.69) is 5.10 Å². The Morgan fingerprint density at radius 3 is 2.56 bits per heavy atom. The third kappa shape index (κ3) is 1.23. The molecule has 0 saturated heterocycles. The fraction of sp³-hybridized carbons (Fsp3) is 0. The zero-order valence-corrected chi connectivity index (χ0v) is 5.73. The van der Waals surface area contributed by atoms with Crippen LogP contribution >= 0.6 is 23.2 Å². The largest absolute Gasteiger partial charge is 0.276 e. The van der Waals surface area contributed by atoms with Crippen LogP contribution in [0.25, 0.3) is 0 Å². The van der Waals surface area contributed by atoms with E-state index in [0.717, 1.165) is 4.68 Å². The first kappa shape index (κ1) is 6.58. The van der Waals surface area contributed by atoms with Gasteiger partial charge in [-0.1, -0.05) is 23.2 Å². The summed E-state index contributed by atoms with van der Waals surface area (Å²) in [5, 5.41) is 3.93. The molecule has 0 atom stereocenters. The van der Waals surface area contributed by atoms with Crippen molar-refractivity contribution in [1.82, 2.24) is 9.78 Å². The molecule has 3 nitrogen and oxygen atoms in total. The summed E-state index contributed by atoms with van der Waals surface area (Å²) in [6, 6.07) is 0. The van der Waals surface area contributed by atoms with Crippen molar-refractivity contribution < 1.29 is 4.79 Å². The molecule has 5 heteroatoms. The molecule has 1 rings (SSSR count). The minimum atomic E-state index is 0.142. The summed E-state index contributed by atoms with van der Waals surface area (Å²) >= 11 is 10.8. The van der Waals surface area contributed by atoms with E-state index in [0.29, 0.717) is 6.41 Å². The average Bonchev–Trinajstić information content (AvgIpc) is 2.13. The summed E-state index contributed by atoms with van der Waals surface area (Å²) in [6.07, 6.45) is 1.84. The van der Waals surface area contributed by atoms with Gasteiger partial charge in [-0.05, 0) is 0 Å². The first-order valence-electron chi connectivity index (χ1n) is 2.09. The predicted octanol–water partition coefficient (Wildman–Crippen LogP) is 1.23. The molecule has 0 radical (unpaired) electrons. The lowest BCUT2D eigenvalue weighted by atomic mass is 10.7. The van der Waals surface area contributed by atoms with E-state index in [1.54, 1.807) is 0 Å². The van der Waals surface area contributed by atoms with Crippen molar-refractivity contribution in [3.63, 3.8) is 0 Å². The molecule has 1 heterocycles. The molecule has 0 unspecified atom stereocenters. The van der Waals surface area contributed by atoms with Crippen LogP contribution in [0.2, 0.25) is 10.2 Å². The molecule has 9 heavy (non-hydrogen) atoms. The van der Waals surface area contributed by atoms with Crippen LogP contribution in [0.3, 0.4) is 0 Å². The summed E-state index contributed by atoms with van der Waals surface area (Å²) in [6.45, 7) is 0. The molecule has 0 aliphatic carbocycles. The highest BCUT2D eigenvalue weighted by Crippen LogP contribution is 2.17. The lowest BCUT2D eigenvalue weighted by Gasteiger charge is -1.77. The Kier molecular flexibility index (Phi) is 1.73. The van der Waals surface area contributed by atoms with Crippen molar-refractivity contribution in [2.24, 2.45) is 0 Å². The highest BCUT2D eigenvalue weighted by atomic mass is 35.5. The molecule has 0 saturated carbocycles. The van der Waals surface area contributed by atoms with Crippen molar-refractivity contribution in [1.29, 1.82) is 0 Å². The smallest absolute Gasteiger partial charge is 0.234 e. The molecular weight excluding hydrogens is 163 g/mol. The normalized spacial score (nSPS) is 9.56. The van der Waals surface area contributed by atoms with Gasteiger partial charge in [-0.25, -0.2) is 4.68 Å². The molecule has 0 spiro atoms. The molecule has 0 aromatic carbocycles. The van der Waals surface area contributed by atoms with Crippen molar-refractivity contribution in [3.8, 4) is 0 Å². The lowest BCUT2D eigenvalue weighted by molar-refractivity contribution is 0.540. The van der Waals surface area contributed by atoms with Crippen molar-refractivity contribution in [2.45, 2.75) is 0 Å². The standard InChI is InChI=1S/C4H2Cl2N2O/c5-3-1-8(2-9)7-4(3)6/h1-2H. The van der Waals surface area contributed by atoms with E-state index < -0.39 is 0 Å². The number of hydrogen-bond donors (Lipinski definition) is 0. The van der Waals surface area contributed by atoms with Crippen LogP contribution < -0.4 is 0 Å².